The van der Waals surface area contributed by atoms with Gasteiger partial charge < -0.3 is 19.4 Å². The van der Waals surface area contributed by atoms with Crippen LogP contribution in [0, 0.1) is 11.8 Å². The summed E-state index contributed by atoms with van der Waals surface area (Å²) in [5.41, 5.74) is 1.49. The number of aromatic amines is 1. The van der Waals surface area contributed by atoms with E-state index in [-0.39, 0.29) is 17.9 Å². The molecule has 1 fully saturated rings. The summed E-state index contributed by atoms with van der Waals surface area (Å²) in [6.45, 7) is 7.72. The first-order chi connectivity index (χ1) is 14.0. The summed E-state index contributed by atoms with van der Waals surface area (Å²) in [5, 5.41) is 0.878. The van der Waals surface area contributed by atoms with E-state index in [0.717, 1.165) is 36.1 Å². The molecule has 1 saturated heterocycles. The van der Waals surface area contributed by atoms with Gasteiger partial charge in [-0.1, -0.05) is 13.8 Å². The minimum Gasteiger partial charge on any atom is -0.462 e. The third-order valence-corrected chi connectivity index (χ3v) is 5.28. The highest BCUT2D eigenvalue weighted by Gasteiger charge is 2.40. The number of rotatable bonds is 4. The average Bonchev–Trinajstić information content (AvgIpc) is 3.23. The number of hydrogen-bond donors (Lipinski definition) is 1. The summed E-state index contributed by atoms with van der Waals surface area (Å²) >= 11 is 0. The van der Waals surface area contributed by atoms with Crippen molar-refractivity contribution in [3.63, 3.8) is 0 Å². The fraction of sp³-hybridized carbons (Fsp3) is 0.409. The van der Waals surface area contributed by atoms with E-state index in [0.29, 0.717) is 17.7 Å². The van der Waals surface area contributed by atoms with Gasteiger partial charge in [-0.05, 0) is 43.4 Å². The lowest BCUT2D eigenvalue weighted by Gasteiger charge is -2.36. The molecule has 7 heteroatoms. The molecule has 2 aliphatic rings. The first-order valence-corrected chi connectivity index (χ1v) is 10.0. The fourth-order valence-corrected chi connectivity index (χ4v) is 4.19. The van der Waals surface area contributed by atoms with Gasteiger partial charge in [-0.3, -0.25) is 4.79 Å². The maximum absolute atomic E-state index is 13.1. The van der Waals surface area contributed by atoms with E-state index in [1.54, 1.807) is 25.4 Å². The Balaban J connectivity index is 1.71. The number of nitrogens with zero attached hydrogens (tertiary/aromatic N) is 2. The maximum atomic E-state index is 13.1. The molecule has 2 aromatic rings. The molecule has 2 aromatic heterocycles. The molecule has 1 N–H and O–H groups in total. The Labute approximate surface area is 169 Å². The van der Waals surface area contributed by atoms with Crippen LogP contribution < -0.4 is 0 Å². The molecule has 0 saturated carbocycles. The van der Waals surface area contributed by atoms with Gasteiger partial charge in [-0.25, -0.2) is 9.78 Å². The molecule has 0 aliphatic carbocycles. The molecular weight excluding hydrogens is 370 g/mol. The van der Waals surface area contributed by atoms with Crippen LogP contribution >= 0.6 is 0 Å². The summed E-state index contributed by atoms with van der Waals surface area (Å²) in [4.78, 5) is 35.0. The molecule has 2 aliphatic heterocycles. The van der Waals surface area contributed by atoms with Crippen LogP contribution in [0.4, 0.5) is 0 Å². The van der Waals surface area contributed by atoms with Gasteiger partial charge in [-0.15, -0.1) is 0 Å². The molecule has 4 rings (SSSR count). The number of ether oxygens (including phenoxy) is 2. The number of carbonyl (C=O) groups is 2. The van der Waals surface area contributed by atoms with E-state index in [2.05, 4.69) is 23.8 Å². The van der Waals surface area contributed by atoms with Gasteiger partial charge in [0, 0.05) is 36.4 Å². The van der Waals surface area contributed by atoms with Crippen LogP contribution in [0.3, 0.4) is 0 Å². The van der Waals surface area contributed by atoms with Gasteiger partial charge in [0.25, 0.3) is 0 Å². The predicted octanol–water partition coefficient (Wildman–Crippen LogP) is 3.26. The number of esters is 1. The van der Waals surface area contributed by atoms with Crippen LogP contribution in [-0.4, -0.2) is 46.3 Å². The number of nitrogens with one attached hydrogen (secondary N) is 1. The molecule has 0 unspecified atom stereocenters. The number of carbonyl (C=O) groups excluding carboxylic acids is 2. The van der Waals surface area contributed by atoms with Crippen molar-refractivity contribution in [1.82, 2.24) is 14.9 Å². The standard InChI is InChI=1S/C22H25N3O4/c1-4-28-22(27)18-19(26)17(9-15-10-24-20-16(15)6-5-7-23-20)29-21(18)25-11-13(2)8-14(3)12-25/h5-7,9-10,13-14H,4,8,11-12H2,1-3H3,(H,23,24)/t13-,14-/m0/s1. The van der Waals surface area contributed by atoms with Gasteiger partial charge in [0.1, 0.15) is 5.65 Å². The molecule has 0 amide bonds. The van der Waals surface area contributed by atoms with Crippen molar-refractivity contribution in [2.45, 2.75) is 27.2 Å². The van der Waals surface area contributed by atoms with E-state index in [1.165, 1.54) is 0 Å². The lowest BCUT2D eigenvalue weighted by atomic mass is 9.92. The van der Waals surface area contributed by atoms with Crippen LogP contribution in [0.2, 0.25) is 0 Å². The third-order valence-electron chi connectivity index (χ3n) is 5.28. The van der Waals surface area contributed by atoms with Gasteiger partial charge >= 0.3 is 5.97 Å². The molecule has 2 atom stereocenters. The number of aromatic nitrogens is 2. The number of likely N-dealkylation sites (tertiary alicyclic amines) is 1. The second-order valence-electron chi connectivity index (χ2n) is 7.84. The molecule has 0 bridgehead atoms. The second kappa shape index (κ2) is 7.73. The van der Waals surface area contributed by atoms with E-state index in [9.17, 15) is 9.59 Å². The first-order valence-electron chi connectivity index (χ1n) is 10.0. The summed E-state index contributed by atoms with van der Waals surface area (Å²) < 4.78 is 11.2. The zero-order valence-corrected chi connectivity index (χ0v) is 16.9. The fourth-order valence-electron chi connectivity index (χ4n) is 4.19. The molecule has 0 spiro atoms. The second-order valence-corrected chi connectivity index (χ2v) is 7.84. The Morgan fingerprint density at radius 1 is 1.38 bits per heavy atom. The summed E-state index contributed by atoms with van der Waals surface area (Å²) in [5.74, 6) is 0.252. The Kier molecular flexibility index (Phi) is 5.13. The highest BCUT2D eigenvalue weighted by molar-refractivity contribution is 6.26. The summed E-state index contributed by atoms with van der Waals surface area (Å²) in [6, 6.07) is 3.75. The van der Waals surface area contributed by atoms with Gasteiger partial charge in [0.15, 0.2) is 11.3 Å². The largest absolute Gasteiger partial charge is 0.462 e. The Morgan fingerprint density at radius 3 is 2.86 bits per heavy atom. The minimum atomic E-state index is -0.637. The van der Waals surface area contributed by atoms with Crippen molar-refractivity contribution >= 4 is 28.9 Å². The van der Waals surface area contributed by atoms with Crippen molar-refractivity contribution in [2.75, 3.05) is 19.7 Å². The first kappa shape index (κ1) is 19.2. The van der Waals surface area contributed by atoms with Crippen molar-refractivity contribution in [3.8, 4) is 0 Å². The molecule has 7 nitrogen and oxygen atoms in total. The van der Waals surface area contributed by atoms with Crippen LogP contribution in [0.25, 0.3) is 17.1 Å². The number of hydrogen-bond acceptors (Lipinski definition) is 6. The molecule has 4 heterocycles. The lowest BCUT2D eigenvalue weighted by molar-refractivity contribution is -0.139. The number of Topliss-reactive ketones (excluding diaryl/α,β-unsaturated/α-hetero) is 1. The van der Waals surface area contributed by atoms with Crippen molar-refractivity contribution in [3.05, 3.63) is 47.3 Å². The van der Waals surface area contributed by atoms with E-state index in [1.807, 2.05) is 17.0 Å². The van der Waals surface area contributed by atoms with Gasteiger partial charge in [0.05, 0.1) is 6.61 Å². The summed E-state index contributed by atoms with van der Waals surface area (Å²) in [7, 11) is 0. The number of piperidine rings is 1. The van der Waals surface area contributed by atoms with E-state index in [4.69, 9.17) is 9.47 Å². The van der Waals surface area contributed by atoms with Gasteiger partial charge in [-0.2, -0.15) is 0 Å². The molecule has 29 heavy (non-hydrogen) atoms. The number of H-pyrrole nitrogens is 1. The lowest BCUT2D eigenvalue weighted by Crippen LogP contribution is -2.39. The molecular formula is C22H25N3O4. The summed E-state index contributed by atoms with van der Waals surface area (Å²) in [6.07, 6.45) is 6.24. The highest BCUT2D eigenvalue weighted by Crippen LogP contribution is 2.34. The topological polar surface area (TPSA) is 84.5 Å². The minimum absolute atomic E-state index is 0.0163. The Hall–Kier alpha value is -3.09. The Morgan fingerprint density at radius 2 is 2.14 bits per heavy atom. The SMILES string of the molecule is CCOC(=O)C1=C(N2C[C@@H](C)C[C@H](C)C2)OC(=Cc2c[nH]c3ncccc23)C1=O. The smallest absolute Gasteiger partial charge is 0.347 e. The van der Waals surface area contributed by atoms with Crippen molar-refractivity contribution in [1.29, 1.82) is 0 Å². The number of ketones is 1. The van der Waals surface area contributed by atoms with E-state index < -0.39 is 11.8 Å². The monoisotopic (exact) mass is 395 g/mol. The van der Waals surface area contributed by atoms with E-state index >= 15 is 0 Å². The number of allylic oxidation sites excluding steroid dienone is 1. The molecule has 152 valence electrons. The maximum Gasteiger partial charge on any atom is 0.347 e. The third kappa shape index (κ3) is 3.64. The Bertz CT molecular complexity index is 1010. The van der Waals surface area contributed by atoms with Crippen molar-refractivity contribution in [2.24, 2.45) is 11.8 Å². The van der Waals surface area contributed by atoms with Crippen LogP contribution in [-0.2, 0) is 19.1 Å². The van der Waals surface area contributed by atoms with Crippen LogP contribution in [0.5, 0.6) is 0 Å². The molecule has 0 radical (unpaired) electrons. The normalized spacial score (nSPS) is 23.8. The predicted molar refractivity (Wildman–Crippen MR) is 108 cm³/mol. The quantitative estimate of drug-likeness (QED) is 0.486. The van der Waals surface area contributed by atoms with Gasteiger partial charge in [0.2, 0.25) is 11.7 Å². The highest BCUT2D eigenvalue weighted by atomic mass is 16.5. The van der Waals surface area contributed by atoms with Crippen molar-refractivity contribution < 1.29 is 19.1 Å². The zero-order valence-electron chi connectivity index (χ0n) is 16.9. The van der Waals surface area contributed by atoms with Crippen LogP contribution in [0.15, 0.2) is 41.7 Å². The van der Waals surface area contributed by atoms with Crippen LogP contribution in [0.1, 0.15) is 32.8 Å². The average molecular weight is 395 g/mol. The molecule has 0 aromatic carbocycles. The number of fused-ring (bicyclic) bond motifs is 1. The number of pyridine rings is 1. The zero-order chi connectivity index (χ0) is 20.5.